The summed E-state index contributed by atoms with van der Waals surface area (Å²) in [6.45, 7) is 0. The number of rotatable bonds is 4. The van der Waals surface area contributed by atoms with Crippen LogP contribution >= 0.6 is 0 Å². The molecule has 1 aliphatic carbocycles. The molecular weight excluding hydrogens is 294 g/mol. The van der Waals surface area contributed by atoms with E-state index < -0.39 is 29.1 Å². The number of fused-ring (bicyclic) bond motifs is 1. The van der Waals surface area contributed by atoms with Crippen LogP contribution in [0.4, 0.5) is 8.78 Å². The van der Waals surface area contributed by atoms with E-state index in [1.807, 2.05) is 6.07 Å². The molecule has 0 radical (unpaired) electrons. The number of carbonyl (C=O) groups is 1. The van der Waals surface area contributed by atoms with Gasteiger partial charge in [0.25, 0.3) is 0 Å². The van der Waals surface area contributed by atoms with E-state index in [9.17, 15) is 13.6 Å². The second kappa shape index (κ2) is 5.03. The molecule has 3 N–H and O–H groups in total. The number of hydrogen-bond donors (Lipinski definition) is 2. The Hall–Kier alpha value is -2.53. The highest BCUT2D eigenvalue weighted by atomic mass is 19.2. The molecule has 22 heavy (non-hydrogen) atoms. The quantitative estimate of drug-likeness (QED) is 0.881. The number of amides is 1. The zero-order chi connectivity index (χ0) is 15.9. The average Bonchev–Trinajstić information content (AvgIpc) is 3.14. The van der Waals surface area contributed by atoms with Crippen molar-refractivity contribution in [1.29, 1.82) is 5.26 Å². The number of nitrogens with zero attached hydrogens (tertiary/aromatic N) is 2. The Bertz CT molecular complexity index is 753. The van der Waals surface area contributed by atoms with Crippen molar-refractivity contribution >= 4 is 17.0 Å². The van der Waals surface area contributed by atoms with E-state index in [0.29, 0.717) is 12.8 Å². The Balaban J connectivity index is 1.72. The Morgan fingerprint density at radius 2 is 2.18 bits per heavy atom. The second-order valence-electron chi connectivity index (χ2n) is 5.34. The highest BCUT2D eigenvalue weighted by Gasteiger charge is 2.45. The van der Waals surface area contributed by atoms with E-state index in [0.717, 1.165) is 12.1 Å². The van der Waals surface area contributed by atoms with Crippen LogP contribution in [0.2, 0.25) is 0 Å². The smallest absolute Gasteiger partial charge is 0.238 e. The molecule has 1 atom stereocenters. The van der Waals surface area contributed by atoms with Gasteiger partial charge in [0, 0.05) is 18.6 Å². The van der Waals surface area contributed by atoms with Gasteiger partial charge in [0.15, 0.2) is 23.1 Å². The number of halogens is 2. The summed E-state index contributed by atoms with van der Waals surface area (Å²) in [6, 6.07) is 2.87. The SMILES string of the molecule is N#CC1(NC(=O)[C@@H](N)Cc2nc3cc(F)c(F)cc3o2)CC1. The molecule has 2 aromatic rings. The number of nitrogens with one attached hydrogen (secondary N) is 1. The van der Waals surface area contributed by atoms with Crippen molar-refractivity contribution in [2.45, 2.75) is 30.8 Å². The van der Waals surface area contributed by atoms with Crippen molar-refractivity contribution in [3.8, 4) is 6.07 Å². The first kappa shape index (κ1) is 14.4. The Morgan fingerprint density at radius 1 is 1.50 bits per heavy atom. The summed E-state index contributed by atoms with van der Waals surface area (Å²) < 4.78 is 31.5. The molecule has 1 heterocycles. The fourth-order valence-electron chi connectivity index (χ4n) is 2.06. The fraction of sp³-hybridized carbons (Fsp3) is 0.357. The fourth-order valence-corrected chi connectivity index (χ4v) is 2.06. The molecule has 3 rings (SSSR count). The Morgan fingerprint density at radius 3 is 2.82 bits per heavy atom. The van der Waals surface area contributed by atoms with E-state index in [1.165, 1.54) is 0 Å². The molecule has 1 aliphatic rings. The van der Waals surface area contributed by atoms with Gasteiger partial charge in [0.05, 0.1) is 12.1 Å². The molecule has 1 amide bonds. The van der Waals surface area contributed by atoms with Gasteiger partial charge in [-0.25, -0.2) is 13.8 Å². The highest BCUT2D eigenvalue weighted by Crippen LogP contribution is 2.34. The number of carbonyl (C=O) groups excluding carboxylic acids is 1. The summed E-state index contributed by atoms with van der Waals surface area (Å²) in [5, 5.41) is 11.5. The summed E-state index contributed by atoms with van der Waals surface area (Å²) in [7, 11) is 0. The Labute approximate surface area is 123 Å². The molecule has 0 bridgehead atoms. The highest BCUT2D eigenvalue weighted by molar-refractivity contribution is 5.83. The minimum Gasteiger partial charge on any atom is -0.441 e. The lowest BCUT2D eigenvalue weighted by molar-refractivity contribution is -0.123. The van der Waals surface area contributed by atoms with E-state index in [-0.39, 0.29) is 23.4 Å². The normalized spacial score (nSPS) is 17.0. The standard InChI is InChI=1S/C14H12F2N4O2/c15-7-3-10-11(4-8(7)16)22-12(19-10)5-9(18)13(21)20-14(6-17)1-2-14/h3-4,9H,1-2,5,18H2,(H,20,21)/t9-/m0/s1. The van der Waals surface area contributed by atoms with E-state index >= 15 is 0 Å². The van der Waals surface area contributed by atoms with Crippen LogP contribution in [0.1, 0.15) is 18.7 Å². The molecule has 0 saturated heterocycles. The first-order valence-corrected chi connectivity index (χ1v) is 6.66. The van der Waals surface area contributed by atoms with Crippen LogP contribution in [0.25, 0.3) is 11.1 Å². The third kappa shape index (κ3) is 2.63. The van der Waals surface area contributed by atoms with Crippen LogP contribution in [0.15, 0.2) is 16.5 Å². The van der Waals surface area contributed by atoms with Gasteiger partial charge in [-0.2, -0.15) is 5.26 Å². The van der Waals surface area contributed by atoms with Gasteiger partial charge in [-0.3, -0.25) is 4.79 Å². The predicted octanol–water partition coefficient (Wildman–Crippen LogP) is 1.15. The van der Waals surface area contributed by atoms with Crippen LogP contribution < -0.4 is 11.1 Å². The van der Waals surface area contributed by atoms with Crippen molar-refractivity contribution in [2.24, 2.45) is 5.73 Å². The van der Waals surface area contributed by atoms with Gasteiger partial charge >= 0.3 is 0 Å². The number of oxazole rings is 1. The van der Waals surface area contributed by atoms with Crippen LogP contribution in [0, 0.1) is 23.0 Å². The maximum atomic E-state index is 13.1. The van der Waals surface area contributed by atoms with Gasteiger partial charge in [0.2, 0.25) is 5.91 Å². The molecule has 114 valence electrons. The summed E-state index contributed by atoms with van der Waals surface area (Å²) in [4.78, 5) is 15.9. The van der Waals surface area contributed by atoms with E-state index in [2.05, 4.69) is 10.3 Å². The van der Waals surface area contributed by atoms with Gasteiger partial charge in [0.1, 0.15) is 11.1 Å². The van der Waals surface area contributed by atoms with E-state index in [1.54, 1.807) is 0 Å². The minimum atomic E-state index is -1.04. The number of benzene rings is 1. The molecule has 1 saturated carbocycles. The first-order valence-electron chi connectivity index (χ1n) is 6.66. The Kier molecular flexibility index (Phi) is 3.30. The lowest BCUT2D eigenvalue weighted by atomic mass is 10.2. The van der Waals surface area contributed by atoms with Crippen molar-refractivity contribution in [3.63, 3.8) is 0 Å². The zero-order valence-corrected chi connectivity index (χ0v) is 11.4. The third-order valence-electron chi connectivity index (χ3n) is 3.53. The van der Waals surface area contributed by atoms with E-state index in [4.69, 9.17) is 15.4 Å². The van der Waals surface area contributed by atoms with Crippen LogP contribution in [-0.4, -0.2) is 22.5 Å². The first-order chi connectivity index (χ1) is 10.4. The number of aromatic nitrogens is 1. The topological polar surface area (TPSA) is 105 Å². The maximum Gasteiger partial charge on any atom is 0.238 e. The summed E-state index contributed by atoms with van der Waals surface area (Å²) in [5.74, 6) is -2.45. The molecule has 6 nitrogen and oxygen atoms in total. The lowest BCUT2D eigenvalue weighted by Crippen LogP contribution is -2.47. The molecule has 0 unspecified atom stereocenters. The van der Waals surface area contributed by atoms with Gasteiger partial charge in [-0.05, 0) is 12.8 Å². The number of nitriles is 1. The molecule has 0 aliphatic heterocycles. The van der Waals surface area contributed by atoms with Crippen LogP contribution in [0.3, 0.4) is 0 Å². The predicted molar refractivity (Wildman–Crippen MR) is 71.3 cm³/mol. The zero-order valence-electron chi connectivity index (χ0n) is 11.4. The van der Waals surface area contributed by atoms with Crippen LogP contribution in [0.5, 0.6) is 0 Å². The van der Waals surface area contributed by atoms with Gasteiger partial charge < -0.3 is 15.5 Å². The van der Waals surface area contributed by atoms with Crippen molar-refractivity contribution in [3.05, 3.63) is 29.7 Å². The van der Waals surface area contributed by atoms with Gasteiger partial charge in [-0.1, -0.05) is 0 Å². The number of nitrogens with two attached hydrogens (primary N) is 1. The largest absolute Gasteiger partial charge is 0.441 e. The van der Waals surface area contributed by atoms with Crippen LogP contribution in [-0.2, 0) is 11.2 Å². The number of hydrogen-bond acceptors (Lipinski definition) is 5. The summed E-state index contributed by atoms with van der Waals surface area (Å²) in [6.07, 6.45) is 1.16. The molecule has 1 aromatic heterocycles. The lowest BCUT2D eigenvalue weighted by Gasteiger charge is -2.13. The minimum absolute atomic E-state index is 0.0364. The molecule has 1 fully saturated rings. The van der Waals surface area contributed by atoms with Crippen molar-refractivity contribution in [2.75, 3.05) is 0 Å². The van der Waals surface area contributed by atoms with Crippen molar-refractivity contribution in [1.82, 2.24) is 10.3 Å². The molecule has 8 heteroatoms. The monoisotopic (exact) mass is 306 g/mol. The molecular formula is C14H12F2N4O2. The third-order valence-corrected chi connectivity index (χ3v) is 3.53. The van der Waals surface area contributed by atoms with Crippen molar-refractivity contribution < 1.29 is 18.0 Å². The van der Waals surface area contributed by atoms with Gasteiger partial charge in [-0.15, -0.1) is 0 Å². The second-order valence-corrected chi connectivity index (χ2v) is 5.34. The molecule has 0 spiro atoms. The molecule has 1 aromatic carbocycles. The summed E-state index contributed by atoms with van der Waals surface area (Å²) in [5.41, 5.74) is 5.18. The summed E-state index contributed by atoms with van der Waals surface area (Å²) >= 11 is 0. The maximum absolute atomic E-state index is 13.1. The average molecular weight is 306 g/mol.